The monoisotopic (exact) mass is 342 g/mol. The van der Waals surface area contributed by atoms with Crippen molar-refractivity contribution in [3.05, 3.63) is 30.1 Å². The molecule has 2 heterocycles. The van der Waals surface area contributed by atoms with Gasteiger partial charge in [-0.15, -0.1) is 10.2 Å². The Labute approximate surface area is 145 Å². The number of rotatable bonds is 7. The molecule has 0 fully saturated rings. The zero-order valence-corrected chi connectivity index (χ0v) is 14.7. The second-order valence-electron chi connectivity index (χ2n) is 6.09. The van der Waals surface area contributed by atoms with E-state index >= 15 is 0 Å². The van der Waals surface area contributed by atoms with Crippen molar-refractivity contribution >= 4 is 28.0 Å². The topological polar surface area (TPSA) is 85.2 Å². The van der Waals surface area contributed by atoms with Gasteiger partial charge >= 0.3 is 0 Å². The third kappa shape index (κ3) is 3.75. The van der Waals surface area contributed by atoms with Crippen molar-refractivity contribution in [2.24, 2.45) is 0 Å². The summed E-state index contributed by atoms with van der Waals surface area (Å²) >= 11 is 0. The van der Waals surface area contributed by atoms with E-state index in [1.165, 1.54) is 0 Å². The molecule has 1 aromatic carbocycles. The van der Waals surface area contributed by atoms with E-state index in [1.54, 1.807) is 19.5 Å². The van der Waals surface area contributed by atoms with E-state index in [0.29, 0.717) is 30.9 Å². The lowest BCUT2D eigenvalue weighted by Crippen LogP contribution is -2.31. The van der Waals surface area contributed by atoms with Crippen molar-refractivity contribution in [1.29, 1.82) is 0 Å². The molecule has 3 aromatic rings. The molecule has 8 nitrogen and oxygen atoms in total. The fourth-order valence-corrected chi connectivity index (χ4v) is 2.63. The van der Waals surface area contributed by atoms with Gasteiger partial charge in [-0.25, -0.2) is 4.98 Å². The van der Waals surface area contributed by atoms with Crippen LogP contribution in [-0.2, 0) is 11.3 Å². The molecule has 0 spiro atoms. The lowest BCUT2D eigenvalue weighted by molar-refractivity contribution is 0.0951. The van der Waals surface area contributed by atoms with Crippen molar-refractivity contribution < 1.29 is 9.53 Å². The molecule has 2 aromatic heterocycles. The van der Waals surface area contributed by atoms with E-state index in [2.05, 4.69) is 20.5 Å². The average molecular weight is 342 g/mol. The second kappa shape index (κ2) is 7.54. The zero-order chi connectivity index (χ0) is 17.8. The molecule has 0 saturated heterocycles. The SMILES string of the molecule is COCCn1cnc2nnc3ccc(C(=O)NCCN(C)C)cc3c21. The Bertz CT molecular complexity index is 889. The molecule has 8 heteroatoms. The van der Waals surface area contributed by atoms with Crippen LogP contribution in [0.25, 0.3) is 22.1 Å². The Morgan fingerprint density at radius 2 is 2.16 bits per heavy atom. The van der Waals surface area contributed by atoms with Gasteiger partial charge in [-0.05, 0) is 32.3 Å². The molecule has 132 valence electrons. The Kier molecular flexibility index (Phi) is 5.20. The molecule has 3 rings (SSSR count). The van der Waals surface area contributed by atoms with Gasteiger partial charge in [-0.1, -0.05) is 0 Å². The van der Waals surface area contributed by atoms with Gasteiger partial charge in [0.05, 0.1) is 24.0 Å². The number of nitrogens with one attached hydrogen (secondary N) is 1. The van der Waals surface area contributed by atoms with E-state index in [1.807, 2.05) is 35.7 Å². The fourth-order valence-electron chi connectivity index (χ4n) is 2.63. The fraction of sp³-hybridized carbons (Fsp3) is 0.412. The van der Waals surface area contributed by atoms with Gasteiger partial charge in [0.25, 0.3) is 5.91 Å². The highest BCUT2D eigenvalue weighted by Gasteiger charge is 2.13. The van der Waals surface area contributed by atoms with Crippen LogP contribution in [0.2, 0.25) is 0 Å². The number of methoxy groups -OCH3 is 1. The first kappa shape index (κ1) is 17.2. The Morgan fingerprint density at radius 3 is 2.92 bits per heavy atom. The van der Waals surface area contributed by atoms with Crippen LogP contribution >= 0.6 is 0 Å². The van der Waals surface area contributed by atoms with Crippen LogP contribution in [0.3, 0.4) is 0 Å². The van der Waals surface area contributed by atoms with Gasteiger partial charge in [0.1, 0.15) is 0 Å². The third-order valence-corrected chi connectivity index (χ3v) is 3.97. The number of likely N-dealkylation sites (N-methyl/N-ethyl adjacent to an activating group) is 1. The molecule has 1 amide bonds. The number of carbonyl (C=O) groups excluding carboxylic acids is 1. The summed E-state index contributed by atoms with van der Waals surface area (Å²) in [4.78, 5) is 18.7. The van der Waals surface area contributed by atoms with Gasteiger partial charge < -0.3 is 19.5 Å². The van der Waals surface area contributed by atoms with Crippen LogP contribution in [-0.4, -0.2) is 71.5 Å². The quantitative estimate of drug-likeness (QED) is 0.687. The highest BCUT2D eigenvalue weighted by atomic mass is 16.5. The average Bonchev–Trinajstić information content (AvgIpc) is 3.02. The Morgan fingerprint density at radius 1 is 1.32 bits per heavy atom. The molecular weight excluding hydrogens is 320 g/mol. The van der Waals surface area contributed by atoms with Gasteiger partial charge in [-0.3, -0.25) is 4.79 Å². The van der Waals surface area contributed by atoms with E-state index in [-0.39, 0.29) is 5.91 Å². The summed E-state index contributed by atoms with van der Waals surface area (Å²) in [6.07, 6.45) is 1.72. The summed E-state index contributed by atoms with van der Waals surface area (Å²) in [5.74, 6) is -0.100. The lowest BCUT2D eigenvalue weighted by atomic mass is 10.1. The smallest absolute Gasteiger partial charge is 0.251 e. The normalized spacial score (nSPS) is 11.5. The van der Waals surface area contributed by atoms with Crippen molar-refractivity contribution in [2.45, 2.75) is 6.54 Å². The minimum Gasteiger partial charge on any atom is -0.383 e. The van der Waals surface area contributed by atoms with Crippen LogP contribution in [0.4, 0.5) is 0 Å². The van der Waals surface area contributed by atoms with Gasteiger partial charge in [-0.2, -0.15) is 0 Å². The number of fused-ring (bicyclic) bond motifs is 3. The molecule has 0 saturated carbocycles. The molecule has 0 atom stereocenters. The largest absolute Gasteiger partial charge is 0.383 e. The van der Waals surface area contributed by atoms with Crippen molar-refractivity contribution in [3.8, 4) is 0 Å². The number of imidazole rings is 1. The van der Waals surface area contributed by atoms with E-state index in [0.717, 1.165) is 23.0 Å². The summed E-state index contributed by atoms with van der Waals surface area (Å²) in [6.45, 7) is 2.62. The molecule has 0 bridgehead atoms. The Balaban J connectivity index is 1.95. The van der Waals surface area contributed by atoms with Crippen LogP contribution in [0.1, 0.15) is 10.4 Å². The maximum absolute atomic E-state index is 12.4. The van der Waals surface area contributed by atoms with Crippen molar-refractivity contribution in [2.75, 3.05) is 40.9 Å². The van der Waals surface area contributed by atoms with Gasteiger partial charge in [0.15, 0.2) is 0 Å². The third-order valence-electron chi connectivity index (χ3n) is 3.97. The Hall–Kier alpha value is -2.58. The molecule has 0 aliphatic carbocycles. The summed E-state index contributed by atoms with van der Waals surface area (Å²) in [5.41, 5.74) is 2.76. The summed E-state index contributed by atoms with van der Waals surface area (Å²) in [5, 5.41) is 12.1. The number of carbonyl (C=O) groups is 1. The molecule has 0 radical (unpaired) electrons. The highest BCUT2D eigenvalue weighted by molar-refractivity contribution is 6.05. The number of benzene rings is 1. The molecular formula is C17H22N6O2. The first-order valence-electron chi connectivity index (χ1n) is 8.13. The second-order valence-corrected chi connectivity index (χ2v) is 6.09. The van der Waals surface area contributed by atoms with E-state index in [4.69, 9.17) is 4.74 Å². The van der Waals surface area contributed by atoms with Crippen molar-refractivity contribution in [1.82, 2.24) is 30.0 Å². The standard InChI is InChI=1S/C17H22N6O2/c1-22(2)7-6-18-17(24)12-4-5-14-13(10-12)15-16(21-20-14)19-11-23(15)8-9-25-3/h4-5,10-11H,6-9H2,1-3H3,(H,18,24). The first-order valence-corrected chi connectivity index (χ1v) is 8.13. The van der Waals surface area contributed by atoms with Crippen LogP contribution in [0.5, 0.6) is 0 Å². The maximum atomic E-state index is 12.4. The lowest BCUT2D eigenvalue weighted by Gasteiger charge is -2.11. The van der Waals surface area contributed by atoms with E-state index < -0.39 is 0 Å². The molecule has 0 aliphatic heterocycles. The number of nitrogens with zero attached hydrogens (tertiary/aromatic N) is 5. The first-order chi connectivity index (χ1) is 12.1. The van der Waals surface area contributed by atoms with Crippen LogP contribution in [0, 0.1) is 0 Å². The minimum atomic E-state index is -0.100. The summed E-state index contributed by atoms with van der Waals surface area (Å²) in [6, 6.07) is 5.43. The number of amides is 1. The van der Waals surface area contributed by atoms with Crippen molar-refractivity contribution in [3.63, 3.8) is 0 Å². The molecule has 0 unspecified atom stereocenters. The predicted molar refractivity (Wildman–Crippen MR) is 95.6 cm³/mol. The van der Waals surface area contributed by atoms with Gasteiger partial charge in [0, 0.05) is 37.7 Å². The summed E-state index contributed by atoms with van der Waals surface area (Å²) in [7, 11) is 5.60. The number of hydrogen-bond donors (Lipinski definition) is 1. The minimum absolute atomic E-state index is 0.100. The summed E-state index contributed by atoms with van der Waals surface area (Å²) < 4.78 is 7.12. The number of ether oxygens (including phenoxy) is 1. The predicted octanol–water partition coefficient (Wildman–Crippen LogP) is 0.917. The van der Waals surface area contributed by atoms with Crippen LogP contribution in [0.15, 0.2) is 24.5 Å². The molecule has 0 aliphatic rings. The molecule has 25 heavy (non-hydrogen) atoms. The van der Waals surface area contributed by atoms with E-state index in [9.17, 15) is 4.79 Å². The maximum Gasteiger partial charge on any atom is 0.251 e. The highest BCUT2D eigenvalue weighted by Crippen LogP contribution is 2.22. The number of hydrogen-bond acceptors (Lipinski definition) is 6. The zero-order valence-electron chi connectivity index (χ0n) is 14.7. The molecule has 1 N–H and O–H groups in total. The number of aromatic nitrogens is 4. The van der Waals surface area contributed by atoms with Gasteiger partial charge in [0.2, 0.25) is 5.65 Å². The van der Waals surface area contributed by atoms with Crippen LogP contribution < -0.4 is 5.32 Å².